The molecule has 0 aliphatic heterocycles. The fourth-order valence-electron chi connectivity index (χ4n) is 1.10. The largest absolute Gasteiger partial charge is 0.491 e. The van der Waals surface area contributed by atoms with Crippen LogP contribution >= 0.6 is 15.9 Å². The van der Waals surface area contributed by atoms with Crippen molar-refractivity contribution < 1.29 is 9.84 Å². The van der Waals surface area contributed by atoms with Gasteiger partial charge in [0.2, 0.25) is 0 Å². The zero-order valence-electron chi connectivity index (χ0n) is 9.03. The lowest BCUT2D eigenvalue weighted by Crippen LogP contribution is -2.19. The molecule has 3 nitrogen and oxygen atoms in total. The first kappa shape index (κ1) is 12.5. The molecule has 0 saturated heterocycles. The van der Waals surface area contributed by atoms with Crippen LogP contribution in [-0.4, -0.2) is 37.3 Å². The van der Waals surface area contributed by atoms with Crippen LogP contribution in [0.4, 0.5) is 0 Å². The van der Waals surface area contributed by atoms with Crippen LogP contribution in [0.1, 0.15) is 5.56 Å². The van der Waals surface area contributed by atoms with Crippen molar-refractivity contribution in [1.82, 2.24) is 4.90 Å². The van der Waals surface area contributed by atoms with Gasteiger partial charge in [-0.3, -0.25) is 0 Å². The van der Waals surface area contributed by atoms with E-state index in [-0.39, 0.29) is 6.61 Å². The lowest BCUT2D eigenvalue weighted by atomic mass is 10.2. The Morgan fingerprint density at radius 3 is 2.67 bits per heavy atom. The normalized spacial score (nSPS) is 10.7. The summed E-state index contributed by atoms with van der Waals surface area (Å²) in [5.74, 6) is 0.814. The summed E-state index contributed by atoms with van der Waals surface area (Å²) < 4.78 is 6.46. The van der Waals surface area contributed by atoms with Crippen LogP contribution in [0.5, 0.6) is 5.75 Å². The van der Waals surface area contributed by atoms with Gasteiger partial charge in [-0.25, -0.2) is 0 Å². The smallest absolute Gasteiger partial charge is 0.133 e. The highest BCUT2D eigenvalue weighted by molar-refractivity contribution is 9.10. The molecule has 0 saturated carbocycles. The van der Waals surface area contributed by atoms with Gasteiger partial charge in [0.05, 0.1) is 11.1 Å². The minimum Gasteiger partial charge on any atom is -0.491 e. The number of hydrogen-bond donors (Lipinski definition) is 1. The van der Waals surface area contributed by atoms with Gasteiger partial charge >= 0.3 is 0 Å². The molecule has 84 valence electrons. The van der Waals surface area contributed by atoms with Gasteiger partial charge in [0.25, 0.3) is 0 Å². The SMILES string of the molecule is CN(C)CCOc1ccc(CO)cc1Br. The number of likely N-dealkylation sites (N-methyl/N-ethyl adjacent to an activating group) is 1. The average molecular weight is 274 g/mol. The molecule has 0 aliphatic rings. The molecule has 1 rings (SSSR count). The van der Waals surface area contributed by atoms with Crippen molar-refractivity contribution in [2.75, 3.05) is 27.2 Å². The quantitative estimate of drug-likeness (QED) is 0.890. The number of nitrogens with zero attached hydrogens (tertiary/aromatic N) is 1. The van der Waals surface area contributed by atoms with Gasteiger partial charge in [0.15, 0.2) is 0 Å². The number of halogens is 1. The van der Waals surface area contributed by atoms with E-state index in [4.69, 9.17) is 9.84 Å². The first-order chi connectivity index (χ1) is 7.13. The van der Waals surface area contributed by atoms with E-state index in [9.17, 15) is 0 Å². The van der Waals surface area contributed by atoms with Crippen LogP contribution in [0.3, 0.4) is 0 Å². The molecule has 0 aromatic heterocycles. The van der Waals surface area contributed by atoms with E-state index in [0.717, 1.165) is 22.3 Å². The Hall–Kier alpha value is -0.580. The number of benzene rings is 1. The number of ether oxygens (including phenoxy) is 1. The van der Waals surface area contributed by atoms with Crippen LogP contribution in [-0.2, 0) is 6.61 Å². The second-order valence-corrected chi connectivity index (χ2v) is 4.43. The van der Waals surface area contributed by atoms with Crippen molar-refractivity contribution in [3.63, 3.8) is 0 Å². The molecule has 0 atom stereocenters. The number of hydrogen-bond acceptors (Lipinski definition) is 3. The summed E-state index contributed by atoms with van der Waals surface area (Å²) in [4.78, 5) is 2.07. The molecule has 15 heavy (non-hydrogen) atoms. The zero-order chi connectivity index (χ0) is 11.3. The minimum atomic E-state index is 0.0522. The highest BCUT2D eigenvalue weighted by Crippen LogP contribution is 2.25. The molecule has 1 aromatic carbocycles. The van der Waals surface area contributed by atoms with Crippen molar-refractivity contribution in [2.24, 2.45) is 0 Å². The fraction of sp³-hybridized carbons (Fsp3) is 0.455. The Labute approximate surface area is 98.8 Å². The average Bonchev–Trinajstić information content (AvgIpc) is 2.20. The molecule has 0 radical (unpaired) electrons. The predicted molar refractivity (Wildman–Crippen MR) is 64.1 cm³/mol. The summed E-state index contributed by atoms with van der Waals surface area (Å²) in [5, 5.41) is 8.93. The van der Waals surface area contributed by atoms with E-state index >= 15 is 0 Å². The van der Waals surface area contributed by atoms with E-state index in [0.29, 0.717) is 6.61 Å². The minimum absolute atomic E-state index is 0.0522. The van der Waals surface area contributed by atoms with Gasteiger partial charge in [-0.1, -0.05) is 6.07 Å². The van der Waals surface area contributed by atoms with Gasteiger partial charge in [0, 0.05) is 6.54 Å². The van der Waals surface area contributed by atoms with Gasteiger partial charge < -0.3 is 14.7 Å². The van der Waals surface area contributed by atoms with Gasteiger partial charge in [-0.05, 0) is 47.7 Å². The highest BCUT2D eigenvalue weighted by Gasteiger charge is 2.02. The third-order valence-electron chi connectivity index (χ3n) is 1.97. The van der Waals surface area contributed by atoms with E-state index in [1.807, 2.05) is 32.3 Å². The summed E-state index contributed by atoms with van der Waals surface area (Å²) in [6.45, 7) is 1.59. The Morgan fingerprint density at radius 1 is 1.40 bits per heavy atom. The second kappa shape index (κ2) is 6.10. The van der Waals surface area contributed by atoms with Gasteiger partial charge in [0.1, 0.15) is 12.4 Å². The summed E-state index contributed by atoms with van der Waals surface area (Å²) >= 11 is 3.41. The van der Waals surface area contributed by atoms with Crippen LogP contribution in [0.25, 0.3) is 0 Å². The second-order valence-electron chi connectivity index (χ2n) is 3.57. The Bertz CT molecular complexity index is 315. The summed E-state index contributed by atoms with van der Waals surface area (Å²) in [6.07, 6.45) is 0. The number of aliphatic hydroxyl groups is 1. The maximum Gasteiger partial charge on any atom is 0.133 e. The summed E-state index contributed by atoms with van der Waals surface area (Å²) in [6, 6.07) is 5.59. The lowest BCUT2D eigenvalue weighted by Gasteiger charge is -2.12. The van der Waals surface area contributed by atoms with Crippen LogP contribution in [0.2, 0.25) is 0 Å². The molecule has 1 aromatic rings. The molecule has 0 aliphatic carbocycles. The standard InChI is InChI=1S/C11H16BrNO2/c1-13(2)5-6-15-11-4-3-9(8-14)7-10(11)12/h3-4,7,14H,5-6,8H2,1-2H3. The summed E-state index contributed by atoms with van der Waals surface area (Å²) in [5.41, 5.74) is 0.877. The summed E-state index contributed by atoms with van der Waals surface area (Å²) in [7, 11) is 4.01. The predicted octanol–water partition coefficient (Wildman–Crippen LogP) is 1.88. The molecule has 4 heteroatoms. The van der Waals surface area contributed by atoms with Crippen LogP contribution in [0.15, 0.2) is 22.7 Å². The zero-order valence-corrected chi connectivity index (χ0v) is 10.6. The third-order valence-corrected chi connectivity index (χ3v) is 2.59. The monoisotopic (exact) mass is 273 g/mol. The first-order valence-electron chi connectivity index (χ1n) is 4.80. The Balaban J connectivity index is 2.54. The molecule has 0 spiro atoms. The van der Waals surface area contributed by atoms with Crippen molar-refractivity contribution in [2.45, 2.75) is 6.61 Å². The molecule has 0 heterocycles. The molecular weight excluding hydrogens is 258 g/mol. The maximum atomic E-state index is 8.93. The third kappa shape index (κ3) is 4.20. The van der Waals surface area contributed by atoms with Gasteiger partial charge in [-0.15, -0.1) is 0 Å². The lowest BCUT2D eigenvalue weighted by molar-refractivity contribution is 0.259. The van der Waals surface area contributed by atoms with E-state index < -0.39 is 0 Å². The highest BCUT2D eigenvalue weighted by atomic mass is 79.9. The number of aliphatic hydroxyl groups excluding tert-OH is 1. The first-order valence-corrected chi connectivity index (χ1v) is 5.59. The Kier molecular flexibility index (Phi) is 5.08. The van der Waals surface area contributed by atoms with E-state index in [1.165, 1.54) is 0 Å². The molecule has 1 N–H and O–H groups in total. The number of rotatable bonds is 5. The molecule has 0 amide bonds. The van der Waals surface area contributed by atoms with Crippen LogP contribution in [0, 0.1) is 0 Å². The molecule has 0 fully saturated rings. The Morgan fingerprint density at radius 2 is 2.13 bits per heavy atom. The van der Waals surface area contributed by atoms with Gasteiger partial charge in [-0.2, -0.15) is 0 Å². The molecule has 0 unspecified atom stereocenters. The van der Waals surface area contributed by atoms with Crippen molar-refractivity contribution >= 4 is 15.9 Å². The molecular formula is C11H16BrNO2. The fourth-order valence-corrected chi connectivity index (χ4v) is 1.64. The van der Waals surface area contributed by atoms with Crippen molar-refractivity contribution in [3.05, 3.63) is 28.2 Å². The van der Waals surface area contributed by atoms with E-state index in [1.54, 1.807) is 0 Å². The van der Waals surface area contributed by atoms with Crippen LogP contribution < -0.4 is 4.74 Å². The van der Waals surface area contributed by atoms with E-state index in [2.05, 4.69) is 20.8 Å². The van der Waals surface area contributed by atoms with Crippen molar-refractivity contribution in [3.8, 4) is 5.75 Å². The van der Waals surface area contributed by atoms with Crippen molar-refractivity contribution in [1.29, 1.82) is 0 Å². The maximum absolute atomic E-state index is 8.93. The topological polar surface area (TPSA) is 32.7 Å². The molecule has 0 bridgehead atoms.